The van der Waals surface area contributed by atoms with Gasteiger partial charge in [0.25, 0.3) is 5.91 Å². The minimum atomic E-state index is -0.359. The number of imide groups is 1. The topological polar surface area (TPSA) is 59.1 Å². The summed E-state index contributed by atoms with van der Waals surface area (Å²) in [5, 5.41) is 0. The number of amides is 2. The number of carbonyl (C=O) groups is 2. The SMILES string of the molecule is CCCOc1ccc(N2C(=O)C[C@@H](N3CCOCC3)C2=O)cc1. The van der Waals surface area contributed by atoms with E-state index in [1.165, 1.54) is 4.90 Å². The number of anilines is 1. The van der Waals surface area contributed by atoms with E-state index in [9.17, 15) is 9.59 Å². The first-order chi connectivity index (χ1) is 11.2. The molecule has 2 fully saturated rings. The van der Waals surface area contributed by atoms with Crippen LogP contribution in [0.4, 0.5) is 5.69 Å². The average Bonchev–Trinajstić information content (AvgIpc) is 2.89. The van der Waals surface area contributed by atoms with Crippen molar-refractivity contribution < 1.29 is 19.1 Å². The summed E-state index contributed by atoms with van der Waals surface area (Å²) in [6.45, 7) is 5.31. The van der Waals surface area contributed by atoms with Gasteiger partial charge in [-0.05, 0) is 30.7 Å². The molecule has 0 bridgehead atoms. The number of nitrogens with zero attached hydrogens (tertiary/aromatic N) is 2. The van der Waals surface area contributed by atoms with Crippen LogP contribution in [0.1, 0.15) is 19.8 Å². The molecule has 0 spiro atoms. The van der Waals surface area contributed by atoms with Gasteiger partial charge in [0, 0.05) is 13.1 Å². The quantitative estimate of drug-likeness (QED) is 0.769. The Morgan fingerprint density at radius 3 is 2.52 bits per heavy atom. The fourth-order valence-corrected chi connectivity index (χ4v) is 2.97. The maximum Gasteiger partial charge on any atom is 0.251 e. The van der Waals surface area contributed by atoms with Crippen LogP contribution in [-0.2, 0) is 14.3 Å². The van der Waals surface area contributed by atoms with Crippen LogP contribution in [-0.4, -0.2) is 55.7 Å². The molecule has 2 aliphatic heterocycles. The monoisotopic (exact) mass is 318 g/mol. The first kappa shape index (κ1) is 16.0. The number of rotatable bonds is 5. The van der Waals surface area contributed by atoms with Crippen molar-refractivity contribution >= 4 is 17.5 Å². The van der Waals surface area contributed by atoms with Gasteiger partial charge in [-0.2, -0.15) is 0 Å². The van der Waals surface area contributed by atoms with Crippen LogP contribution < -0.4 is 9.64 Å². The van der Waals surface area contributed by atoms with Crippen molar-refractivity contribution in [2.75, 3.05) is 37.8 Å². The standard InChI is InChI=1S/C17H22N2O4/c1-2-9-23-14-5-3-13(4-6-14)19-16(20)12-15(17(19)21)18-7-10-22-11-8-18/h3-6,15H,2,7-12H2,1H3/t15-/m1/s1. The maximum absolute atomic E-state index is 12.7. The lowest BCUT2D eigenvalue weighted by Crippen LogP contribution is -2.47. The van der Waals surface area contributed by atoms with Gasteiger partial charge in [-0.1, -0.05) is 6.92 Å². The number of carbonyl (C=O) groups excluding carboxylic acids is 2. The van der Waals surface area contributed by atoms with Crippen molar-refractivity contribution in [1.29, 1.82) is 0 Å². The highest BCUT2D eigenvalue weighted by atomic mass is 16.5. The summed E-state index contributed by atoms with van der Waals surface area (Å²) in [5.41, 5.74) is 0.611. The molecule has 2 aliphatic rings. The molecular formula is C17H22N2O4. The van der Waals surface area contributed by atoms with Gasteiger partial charge in [0.2, 0.25) is 5.91 Å². The number of hydrogen-bond acceptors (Lipinski definition) is 5. The minimum Gasteiger partial charge on any atom is -0.494 e. The Morgan fingerprint density at radius 1 is 1.17 bits per heavy atom. The predicted molar refractivity (Wildman–Crippen MR) is 85.5 cm³/mol. The van der Waals surface area contributed by atoms with Crippen LogP contribution in [0.2, 0.25) is 0 Å². The molecule has 6 heteroatoms. The molecule has 3 rings (SSSR count). The largest absolute Gasteiger partial charge is 0.494 e. The lowest BCUT2D eigenvalue weighted by Gasteiger charge is -2.30. The molecule has 23 heavy (non-hydrogen) atoms. The van der Waals surface area contributed by atoms with Crippen molar-refractivity contribution in [3.05, 3.63) is 24.3 Å². The van der Waals surface area contributed by atoms with Gasteiger partial charge in [-0.15, -0.1) is 0 Å². The molecule has 0 aromatic heterocycles. The van der Waals surface area contributed by atoms with Gasteiger partial charge < -0.3 is 9.47 Å². The Bertz CT molecular complexity index is 566. The molecule has 0 radical (unpaired) electrons. The summed E-state index contributed by atoms with van der Waals surface area (Å²) in [6.07, 6.45) is 1.18. The molecule has 1 aromatic rings. The van der Waals surface area contributed by atoms with Gasteiger partial charge in [0.15, 0.2) is 0 Å². The molecule has 2 saturated heterocycles. The Morgan fingerprint density at radius 2 is 1.87 bits per heavy atom. The normalized spacial score (nSPS) is 22.7. The molecule has 124 valence electrons. The number of hydrogen-bond donors (Lipinski definition) is 0. The van der Waals surface area contributed by atoms with Crippen molar-refractivity contribution in [3.63, 3.8) is 0 Å². The zero-order chi connectivity index (χ0) is 16.2. The molecule has 0 N–H and O–H groups in total. The number of ether oxygens (including phenoxy) is 2. The zero-order valence-electron chi connectivity index (χ0n) is 13.4. The predicted octanol–water partition coefficient (Wildman–Crippen LogP) is 1.44. The van der Waals surface area contributed by atoms with Crippen LogP contribution in [0, 0.1) is 0 Å². The van der Waals surface area contributed by atoms with E-state index in [0.717, 1.165) is 12.2 Å². The second kappa shape index (κ2) is 7.10. The fourth-order valence-electron chi connectivity index (χ4n) is 2.97. The van der Waals surface area contributed by atoms with Gasteiger partial charge in [-0.3, -0.25) is 14.5 Å². The molecule has 1 aromatic carbocycles. The van der Waals surface area contributed by atoms with Crippen LogP contribution in [0.25, 0.3) is 0 Å². The summed E-state index contributed by atoms with van der Waals surface area (Å²) in [4.78, 5) is 28.3. The van der Waals surface area contributed by atoms with Crippen molar-refractivity contribution in [2.24, 2.45) is 0 Å². The summed E-state index contributed by atoms with van der Waals surface area (Å²) in [6, 6.07) is 6.77. The summed E-state index contributed by atoms with van der Waals surface area (Å²) in [7, 11) is 0. The van der Waals surface area contributed by atoms with E-state index in [4.69, 9.17) is 9.47 Å². The van der Waals surface area contributed by atoms with Crippen LogP contribution in [0.5, 0.6) is 5.75 Å². The summed E-state index contributed by atoms with van der Waals surface area (Å²) in [5.74, 6) is 0.465. The van der Waals surface area contributed by atoms with Gasteiger partial charge >= 0.3 is 0 Å². The Labute approximate surface area is 136 Å². The number of benzene rings is 1. The molecule has 1 atom stereocenters. The van der Waals surface area contributed by atoms with Crippen LogP contribution in [0.15, 0.2) is 24.3 Å². The zero-order valence-corrected chi connectivity index (χ0v) is 13.4. The van der Waals surface area contributed by atoms with Gasteiger partial charge in [0.1, 0.15) is 5.75 Å². The van der Waals surface area contributed by atoms with Crippen LogP contribution >= 0.6 is 0 Å². The Hall–Kier alpha value is -1.92. The smallest absolute Gasteiger partial charge is 0.251 e. The number of morpholine rings is 1. The lowest BCUT2D eigenvalue weighted by atomic mass is 10.2. The van der Waals surface area contributed by atoms with Gasteiger partial charge in [0.05, 0.1) is 38.0 Å². The molecule has 0 aliphatic carbocycles. The highest BCUT2D eigenvalue weighted by Crippen LogP contribution is 2.27. The molecule has 0 saturated carbocycles. The van der Waals surface area contributed by atoms with E-state index >= 15 is 0 Å². The highest BCUT2D eigenvalue weighted by Gasteiger charge is 2.42. The van der Waals surface area contributed by atoms with Crippen molar-refractivity contribution in [3.8, 4) is 5.75 Å². The maximum atomic E-state index is 12.7. The summed E-state index contributed by atoms with van der Waals surface area (Å²) < 4.78 is 10.8. The van der Waals surface area contributed by atoms with E-state index in [1.807, 2.05) is 11.8 Å². The molecule has 2 amide bonds. The second-order valence-electron chi connectivity index (χ2n) is 5.78. The third-order valence-electron chi connectivity index (χ3n) is 4.18. The summed E-state index contributed by atoms with van der Waals surface area (Å²) >= 11 is 0. The van der Waals surface area contributed by atoms with Crippen molar-refractivity contribution in [1.82, 2.24) is 4.90 Å². The fraction of sp³-hybridized carbons (Fsp3) is 0.529. The van der Waals surface area contributed by atoms with E-state index in [1.54, 1.807) is 24.3 Å². The Balaban J connectivity index is 1.71. The van der Waals surface area contributed by atoms with Crippen LogP contribution in [0.3, 0.4) is 0 Å². The third kappa shape index (κ3) is 3.38. The van der Waals surface area contributed by atoms with E-state index in [0.29, 0.717) is 38.6 Å². The van der Waals surface area contributed by atoms with E-state index in [2.05, 4.69) is 0 Å². The first-order valence-electron chi connectivity index (χ1n) is 8.12. The molecule has 6 nitrogen and oxygen atoms in total. The Kier molecular flexibility index (Phi) is 4.93. The first-order valence-corrected chi connectivity index (χ1v) is 8.12. The average molecular weight is 318 g/mol. The molecular weight excluding hydrogens is 296 g/mol. The molecule has 0 unspecified atom stereocenters. The van der Waals surface area contributed by atoms with E-state index < -0.39 is 0 Å². The van der Waals surface area contributed by atoms with Crippen molar-refractivity contribution in [2.45, 2.75) is 25.8 Å². The third-order valence-corrected chi connectivity index (χ3v) is 4.18. The highest BCUT2D eigenvalue weighted by molar-refractivity contribution is 6.22. The minimum absolute atomic E-state index is 0.140. The lowest BCUT2D eigenvalue weighted by molar-refractivity contribution is -0.123. The molecule has 2 heterocycles. The van der Waals surface area contributed by atoms with E-state index in [-0.39, 0.29) is 24.3 Å². The second-order valence-corrected chi connectivity index (χ2v) is 5.78. The van der Waals surface area contributed by atoms with Gasteiger partial charge in [-0.25, -0.2) is 4.90 Å².